The van der Waals surface area contributed by atoms with Crippen LogP contribution in [0.2, 0.25) is 0 Å². The van der Waals surface area contributed by atoms with E-state index in [1.165, 1.54) is 0 Å². The summed E-state index contributed by atoms with van der Waals surface area (Å²) < 4.78 is 0. The molecule has 0 aromatic heterocycles. The molecule has 4 heteroatoms. The van der Waals surface area contributed by atoms with Crippen molar-refractivity contribution < 1.29 is 9.90 Å². The second-order valence-electron chi connectivity index (χ2n) is 3.45. The molecular formula is C11H16ClNO2. The van der Waals surface area contributed by atoms with E-state index in [0.717, 1.165) is 5.56 Å². The van der Waals surface area contributed by atoms with Crippen molar-refractivity contribution in [1.82, 2.24) is 0 Å². The molecular weight excluding hydrogens is 214 g/mol. The van der Waals surface area contributed by atoms with E-state index in [0.29, 0.717) is 6.42 Å². The summed E-state index contributed by atoms with van der Waals surface area (Å²) in [5.41, 5.74) is 6.18. The number of rotatable bonds is 4. The molecule has 0 aliphatic heterocycles. The smallest absolute Gasteiger partial charge is 0.305 e. The van der Waals surface area contributed by atoms with Gasteiger partial charge in [0, 0.05) is 0 Å². The number of carboxylic acids is 1. The molecule has 0 fully saturated rings. The second-order valence-corrected chi connectivity index (χ2v) is 3.45. The van der Waals surface area contributed by atoms with Crippen LogP contribution in [0.5, 0.6) is 0 Å². The van der Waals surface area contributed by atoms with Crippen molar-refractivity contribution in [2.24, 2.45) is 5.73 Å². The summed E-state index contributed by atoms with van der Waals surface area (Å²) in [6, 6.07) is 9.36. The molecule has 0 aliphatic carbocycles. The molecule has 1 atom stereocenters. The van der Waals surface area contributed by atoms with E-state index >= 15 is 0 Å². The molecule has 0 bridgehead atoms. The Morgan fingerprint density at radius 1 is 1.40 bits per heavy atom. The minimum Gasteiger partial charge on any atom is -0.481 e. The van der Waals surface area contributed by atoms with Crippen molar-refractivity contribution in [3.63, 3.8) is 0 Å². The zero-order chi connectivity index (χ0) is 10.6. The van der Waals surface area contributed by atoms with Crippen LogP contribution in [-0.2, 0) is 10.3 Å². The van der Waals surface area contributed by atoms with Crippen LogP contribution >= 0.6 is 12.4 Å². The van der Waals surface area contributed by atoms with Gasteiger partial charge in [0.25, 0.3) is 0 Å². The summed E-state index contributed by atoms with van der Waals surface area (Å²) in [6.45, 7) is 1.90. The van der Waals surface area contributed by atoms with E-state index in [2.05, 4.69) is 0 Å². The molecule has 0 saturated heterocycles. The third-order valence-electron chi connectivity index (χ3n) is 2.45. The number of carboxylic acid groups (broad SMARTS) is 1. The van der Waals surface area contributed by atoms with Crippen LogP contribution < -0.4 is 5.73 Å². The Labute approximate surface area is 95.7 Å². The highest BCUT2D eigenvalue weighted by molar-refractivity contribution is 5.85. The summed E-state index contributed by atoms with van der Waals surface area (Å²) in [6.07, 6.45) is 0.580. The molecule has 1 aromatic carbocycles. The Hall–Kier alpha value is -1.06. The molecule has 1 aromatic rings. The lowest BCUT2D eigenvalue weighted by Crippen LogP contribution is -2.38. The topological polar surface area (TPSA) is 63.3 Å². The summed E-state index contributed by atoms with van der Waals surface area (Å²) in [7, 11) is 0. The van der Waals surface area contributed by atoms with Crippen LogP contribution in [0, 0.1) is 0 Å². The molecule has 0 aliphatic rings. The SMILES string of the molecule is CC[C@](N)(CC(=O)O)c1ccccc1.Cl. The first-order chi connectivity index (χ1) is 6.58. The van der Waals surface area contributed by atoms with Crippen molar-refractivity contribution in [2.75, 3.05) is 0 Å². The lowest BCUT2D eigenvalue weighted by Gasteiger charge is -2.26. The van der Waals surface area contributed by atoms with E-state index in [4.69, 9.17) is 10.8 Å². The van der Waals surface area contributed by atoms with E-state index in [-0.39, 0.29) is 18.8 Å². The molecule has 0 amide bonds. The van der Waals surface area contributed by atoms with Crippen molar-refractivity contribution in [2.45, 2.75) is 25.3 Å². The number of halogens is 1. The molecule has 0 spiro atoms. The maximum absolute atomic E-state index is 10.7. The van der Waals surface area contributed by atoms with Crippen molar-refractivity contribution in [3.8, 4) is 0 Å². The predicted octanol–water partition coefficient (Wildman–Crippen LogP) is 2.15. The maximum atomic E-state index is 10.7. The van der Waals surface area contributed by atoms with E-state index in [1.54, 1.807) is 0 Å². The molecule has 0 radical (unpaired) electrons. The Morgan fingerprint density at radius 2 is 1.93 bits per heavy atom. The average Bonchev–Trinajstić information content (AvgIpc) is 2.18. The van der Waals surface area contributed by atoms with Crippen molar-refractivity contribution in [1.29, 1.82) is 0 Å². The molecule has 0 saturated carbocycles. The van der Waals surface area contributed by atoms with Gasteiger partial charge in [0.15, 0.2) is 0 Å². The quantitative estimate of drug-likeness (QED) is 0.832. The van der Waals surface area contributed by atoms with Gasteiger partial charge in [0.1, 0.15) is 0 Å². The van der Waals surface area contributed by atoms with Crippen LogP contribution in [0.4, 0.5) is 0 Å². The minimum atomic E-state index is -0.863. The highest BCUT2D eigenvalue weighted by atomic mass is 35.5. The molecule has 3 N–H and O–H groups in total. The van der Waals surface area contributed by atoms with Gasteiger partial charge < -0.3 is 10.8 Å². The summed E-state index contributed by atoms with van der Waals surface area (Å²) in [5.74, 6) is -0.863. The third-order valence-corrected chi connectivity index (χ3v) is 2.45. The lowest BCUT2D eigenvalue weighted by atomic mass is 9.85. The standard InChI is InChI=1S/C11H15NO2.ClH/c1-2-11(12,8-10(13)14)9-6-4-3-5-7-9;/h3-7H,2,8,12H2,1H3,(H,13,14);1H/t11-;/m0./s1. The van der Waals surface area contributed by atoms with Crippen LogP contribution in [0.25, 0.3) is 0 Å². The van der Waals surface area contributed by atoms with Gasteiger partial charge in [0.2, 0.25) is 0 Å². The van der Waals surface area contributed by atoms with Crippen molar-refractivity contribution in [3.05, 3.63) is 35.9 Å². The second kappa shape index (κ2) is 5.73. The number of benzene rings is 1. The zero-order valence-electron chi connectivity index (χ0n) is 8.64. The van der Waals surface area contributed by atoms with Gasteiger partial charge in [-0.3, -0.25) is 4.79 Å². The fourth-order valence-corrected chi connectivity index (χ4v) is 1.47. The Bertz CT molecular complexity index is 316. The molecule has 84 valence electrons. The normalized spacial score (nSPS) is 13.7. The zero-order valence-corrected chi connectivity index (χ0v) is 9.46. The maximum Gasteiger partial charge on any atom is 0.305 e. The molecule has 0 heterocycles. The molecule has 0 unspecified atom stereocenters. The van der Waals surface area contributed by atoms with E-state index in [9.17, 15) is 4.79 Å². The van der Waals surface area contributed by atoms with Gasteiger partial charge in [-0.05, 0) is 12.0 Å². The molecule has 15 heavy (non-hydrogen) atoms. The van der Waals surface area contributed by atoms with Gasteiger partial charge in [-0.15, -0.1) is 12.4 Å². The van der Waals surface area contributed by atoms with Gasteiger partial charge in [0.05, 0.1) is 12.0 Å². The van der Waals surface area contributed by atoms with Gasteiger partial charge in [-0.25, -0.2) is 0 Å². The van der Waals surface area contributed by atoms with Crippen LogP contribution in [-0.4, -0.2) is 11.1 Å². The first-order valence-electron chi connectivity index (χ1n) is 4.64. The number of nitrogens with two attached hydrogens (primary N) is 1. The van der Waals surface area contributed by atoms with Crippen molar-refractivity contribution >= 4 is 18.4 Å². The number of carbonyl (C=O) groups is 1. The van der Waals surface area contributed by atoms with Gasteiger partial charge in [-0.1, -0.05) is 37.3 Å². The molecule has 1 rings (SSSR count). The average molecular weight is 230 g/mol. The van der Waals surface area contributed by atoms with Crippen LogP contribution in [0.15, 0.2) is 30.3 Å². The highest BCUT2D eigenvalue weighted by Gasteiger charge is 2.27. The monoisotopic (exact) mass is 229 g/mol. The highest BCUT2D eigenvalue weighted by Crippen LogP contribution is 2.25. The van der Waals surface area contributed by atoms with Crippen LogP contribution in [0.1, 0.15) is 25.3 Å². The Kier molecular flexibility index (Phi) is 5.33. The lowest BCUT2D eigenvalue weighted by molar-refractivity contribution is -0.138. The number of hydrogen-bond acceptors (Lipinski definition) is 2. The fraction of sp³-hybridized carbons (Fsp3) is 0.364. The van der Waals surface area contributed by atoms with E-state index in [1.807, 2.05) is 37.3 Å². The summed E-state index contributed by atoms with van der Waals surface area (Å²) in [5, 5.41) is 8.76. The third kappa shape index (κ3) is 3.53. The van der Waals surface area contributed by atoms with Crippen LogP contribution in [0.3, 0.4) is 0 Å². The van der Waals surface area contributed by atoms with Gasteiger partial charge >= 0.3 is 5.97 Å². The predicted molar refractivity (Wildman–Crippen MR) is 62.1 cm³/mol. The Balaban J connectivity index is 0.00000196. The summed E-state index contributed by atoms with van der Waals surface area (Å²) >= 11 is 0. The number of hydrogen-bond donors (Lipinski definition) is 2. The minimum absolute atomic E-state index is 0. The first-order valence-corrected chi connectivity index (χ1v) is 4.64. The Morgan fingerprint density at radius 3 is 2.33 bits per heavy atom. The molecule has 3 nitrogen and oxygen atoms in total. The largest absolute Gasteiger partial charge is 0.481 e. The fourth-order valence-electron chi connectivity index (χ4n) is 1.47. The summed E-state index contributed by atoms with van der Waals surface area (Å²) in [4.78, 5) is 10.7. The first kappa shape index (κ1) is 13.9. The van der Waals surface area contributed by atoms with E-state index < -0.39 is 11.5 Å². The van der Waals surface area contributed by atoms with Gasteiger partial charge in [-0.2, -0.15) is 0 Å². The number of aliphatic carboxylic acids is 1.